The molecule has 0 bridgehead atoms. The number of hydrogen-bond acceptors (Lipinski definition) is 0. The first-order valence-electron chi connectivity index (χ1n) is 3.88. The Bertz CT molecular complexity index is 182. The molecule has 1 rings (SSSR count). The van der Waals surface area contributed by atoms with E-state index >= 15 is 0 Å². The molecule has 1 aliphatic rings. The maximum atomic E-state index is 3.74. The van der Waals surface area contributed by atoms with Crippen LogP contribution in [0.4, 0.5) is 0 Å². The average molecular weight is 134 g/mol. The van der Waals surface area contributed by atoms with E-state index in [4.69, 9.17) is 0 Å². The smallest absolute Gasteiger partial charge is 0.0242 e. The van der Waals surface area contributed by atoms with Crippen molar-refractivity contribution in [2.75, 3.05) is 0 Å². The first kappa shape index (κ1) is 7.33. The van der Waals surface area contributed by atoms with Crippen molar-refractivity contribution >= 4 is 0 Å². The molecule has 0 amide bonds. The second-order valence-corrected chi connectivity index (χ2v) is 2.62. The van der Waals surface area contributed by atoms with Gasteiger partial charge < -0.3 is 0 Å². The maximum Gasteiger partial charge on any atom is -0.0242 e. The van der Waals surface area contributed by atoms with Crippen LogP contribution in [0.25, 0.3) is 0 Å². The summed E-state index contributed by atoms with van der Waals surface area (Å²) < 4.78 is 0. The Balaban J connectivity index is 2.64. The lowest BCUT2D eigenvalue weighted by Crippen LogP contribution is -1.89. The molecular formula is C10H14. The normalized spacial score (nSPS) is 17.7. The van der Waals surface area contributed by atoms with E-state index < -0.39 is 0 Å². The van der Waals surface area contributed by atoms with Crippen LogP contribution in [0.15, 0.2) is 36.0 Å². The van der Waals surface area contributed by atoms with E-state index in [1.54, 1.807) is 5.57 Å². The first-order valence-corrected chi connectivity index (χ1v) is 3.88. The van der Waals surface area contributed by atoms with Gasteiger partial charge >= 0.3 is 0 Å². The molecule has 0 aromatic rings. The highest BCUT2D eigenvalue weighted by Crippen LogP contribution is 2.20. The van der Waals surface area contributed by atoms with Gasteiger partial charge in [-0.1, -0.05) is 37.3 Å². The van der Waals surface area contributed by atoms with Crippen molar-refractivity contribution in [2.45, 2.75) is 26.2 Å². The zero-order valence-electron chi connectivity index (χ0n) is 6.56. The van der Waals surface area contributed by atoms with Gasteiger partial charge in [-0.15, -0.1) is 0 Å². The molecule has 0 aromatic heterocycles. The predicted molar refractivity (Wildman–Crippen MR) is 45.9 cm³/mol. The Morgan fingerprint density at radius 2 is 2.30 bits per heavy atom. The van der Waals surface area contributed by atoms with Crippen LogP contribution in [0.5, 0.6) is 0 Å². The van der Waals surface area contributed by atoms with Crippen LogP contribution in [0.2, 0.25) is 0 Å². The summed E-state index contributed by atoms with van der Waals surface area (Å²) in [5.41, 5.74) is 2.93. The topological polar surface area (TPSA) is 0 Å². The van der Waals surface area contributed by atoms with Crippen molar-refractivity contribution in [3.8, 4) is 0 Å². The fourth-order valence-corrected chi connectivity index (χ4v) is 1.16. The van der Waals surface area contributed by atoms with Crippen molar-refractivity contribution in [1.82, 2.24) is 0 Å². The summed E-state index contributed by atoms with van der Waals surface area (Å²) in [4.78, 5) is 0. The average Bonchev–Trinajstić information content (AvgIpc) is 2.05. The van der Waals surface area contributed by atoms with Gasteiger partial charge in [-0.3, -0.25) is 0 Å². The monoisotopic (exact) mass is 134 g/mol. The van der Waals surface area contributed by atoms with Crippen LogP contribution < -0.4 is 0 Å². The van der Waals surface area contributed by atoms with Crippen LogP contribution in [-0.4, -0.2) is 0 Å². The Kier molecular flexibility index (Phi) is 2.49. The second-order valence-electron chi connectivity index (χ2n) is 2.62. The van der Waals surface area contributed by atoms with Gasteiger partial charge in [-0.2, -0.15) is 0 Å². The molecule has 0 N–H and O–H groups in total. The van der Waals surface area contributed by atoms with E-state index in [0.717, 1.165) is 0 Å². The number of rotatable bonds is 2. The molecule has 10 heavy (non-hydrogen) atoms. The first-order chi connectivity index (χ1) is 4.86. The second kappa shape index (κ2) is 3.40. The Hall–Kier alpha value is -0.780. The summed E-state index contributed by atoms with van der Waals surface area (Å²) >= 11 is 0. The van der Waals surface area contributed by atoms with Crippen molar-refractivity contribution in [3.63, 3.8) is 0 Å². The Labute approximate surface area is 62.9 Å². The van der Waals surface area contributed by atoms with Crippen molar-refractivity contribution in [3.05, 3.63) is 36.0 Å². The van der Waals surface area contributed by atoms with Crippen LogP contribution in [-0.2, 0) is 0 Å². The third kappa shape index (κ3) is 1.60. The third-order valence-corrected chi connectivity index (χ3v) is 1.98. The molecule has 0 nitrogen and oxygen atoms in total. The van der Waals surface area contributed by atoms with E-state index in [1.807, 2.05) is 6.08 Å². The van der Waals surface area contributed by atoms with Gasteiger partial charge in [0.15, 0.2) is 0 Å². The molecule has 0 fully saturated rings. The molecule has 1 aliphatic carbocycles. The van der Waals surface area contributed by atoms with Gasteiger partial charge in [0.05, 0.1) is 0 Å². The van der Waals surface area contributed by atoms with Crippen LogP contribution in [0.1, 0.15) is 26.2 Å². The molecule has 0 heterocycles. The molecule has 0 heteroatoms. The van der Waals surface area contributed by atoms with Gasteiger partial charge in [0.25, 0.3) is 0 Å². The highest BCUT2D eigenvalue weighted by molar-refractivity contribution is 5.29. The molecule has 0 saturated heterocycles. The minimum absolute atomic E-state index is 1.18. The van der Waals surface area contributed by atoms with Gasteiger partial charge in [0, 0.05) is 0 Å². The molecule has 0 atom stereocenters. The lowest BCUT2D eigenvalue weighted by Gasteiger charge is -2.09. The number of allylic oxidation sites excluding steroid dienone is 5. The fourth-order valence-electron chi connectivity index (χ4n) is 1.16. The van der Waals surface area contributed by atoms with E-state index in [9.17, 15) is 0 Å². The SMILES string of the molecule is C=CC1=CC=C(CC)CC1. The molecular weight excluding hydrogens is 120 g/mol. The van der Waals surface area contributed by atoms with E-state index in [1.165, 1.54) is 24.8 Å². The summed E-state index contributed by atoms with van der Waals surface area (Å²) in [5, 5.41) is 0. The fraction of sp³-hybridized carbons (Fsp3) is 0.400. The zero-order chi connectivity index (χ0) is 7.40. The summed E-state index contributed by atoms with van der Waals surface area (Å²) in [6.07, 6.45) is 9.96. The minimum atomic E-state index is 1.18. The quantitative estimate of drug-likeness (QED) is 0.544. The van der Waals surface area contributed by atoms with Crippen molar-refractivity contribution in [2.24, 2.45) is 0 Å². The standard InChI is InChI=1S/C10H14/c1-3-9-5-7-10(4-2)8-6-9/h3,5,7H,1,4,6,8H2,2H3. The predicted octanol–water partition coefficient (Wildman–Crippen LogP) is 3.23. The Morgan fingerprint density at radius 3 is 2.70 bits per heavy atom. The highest BCUT2D eigenvalue weighted by Gasteiger charge is 2.00. The summed E-state index contributed by atoms with van der Waals surface area (Å²) in [5.74, 6) is 0. The summed E-state index contributed by atoms with van der Waals surface area (Å²) in [6, 6.07) is 0. The maximum absolute atomic E-state index is 3.74. The molecule has 54 valence electrons. The van der Waals surface area contributed by atoms with E-state index in [-0.39, 0.29) is 0 Å². The number of hydrogen-bond donors (Lipinski definition) is 0. The third-order valence-electron chi connectivity index (χ3n) is 1.98. The van der Waals surface area contributed by atoms with E-state index in [0.29, 0.717) is 0 Å². The zero-order valence-corrected chi connectivity index (χ0v) is 6.56. The van der Waals surface area contributed by atoms with Crippen molar-refractivity contribution < 1.29 is 0 Å². The van der Waals surface area contributed by atoms with Gasteiger partial charge in [0.1, 0.15) is 0 Å². The Morgan fingerprint density at radius 1 is 1.50 bits per heavy atom. The van der Waals surface area contributed by atoms with Crippen LogP contribution in [0.3, 0.4) is 0 Å². The molecule has 0 aliphatic heterocycles. The molecule has 0 radical (unpaired) electrons. The van der Waals surface area contributed by atoms with Crippen molar-refractivity contribution in [1.29, 1.82) is 0 Å². The summed E-state index contributed by atoms with van der Waals surface area (Å²) in [6.45, 7) is 5.94. The van der Waals surface area contributed by atoms with Gasteiger partial charge in [-0.25, -0.2) is 0 Å². The van der Waals surface area contributed by atoms with Crippen LogP contribution in [0, 0.1) is 0 Å². The molecule has 0 spiro atoms. The highest BCUT2D eigenvalue weighted by atomic mass is 14.1. The van der Waals surface area contributed by atoms with Gasteiger partial charge in [-0.05, 0) is 24.8 Å². The lowest BCUT2D eigenvalue weighted by molar-refractivity contribution is 0.873. The molecule has 0 saturated carbocycles. The minimum Gasteiger partial charge on any atom is -0.0988 e. The van der Waals surface area contributed by atoms with Gasteiger partial charge in [0.2, 0.25) is 0 Å². The molecule has 0 unspecified atom stereocenters. The van der Waals surface area contributed by atoms with Crippen LogP contribution >= 0.6 is 0 Å². The van der Waals surface area contributed by atoms with E-state index in [2.05, 4.69) is 25.7 Å². The molecule has 0 aromatic carbocycles. The largest absolute Gasteiger partial charge is 0.0988 e. The summed E-state index contributed by atoms with van der Waals surface area (Å²) in [7, 11) is 0. The lowest BCUT2D eigenvalue weighted by atomic mass is 9.97.